The zero-order chi connectivity index (χ0) is 13.1. The van der Waals surface area contributed by atoms with Crippen molar-refractivity contribution in [1.82, 2.24) is 9.55 Å². The van der Waals surface area contributed by atoms with Crippen molar-refractivity contribution in [2.75, 3.05) is 0 Å². The molecule has 0 saturated heterocycles. The molecule has 0 spiro atoms. The van der Waals surface area contributed by atoms with E-state index in [1.807, 2.05) is 19.3 Å². The van der Waals surface area contributed by atoms with E-state index >= 15 is 0 Å². The van der Waals surface area contributed by atoms with Gasteiger partial charge in [-0.2, -0.15) is 0 Å². The molecule has 2 aromatic rings. The lowest BCUT2D eigenvalue weighted by molar-refractivity contribution is 0.485. The van der Waals surface area contributed by atoms with E-state index in [9.17, 15) is 0 Å². The zero-order valence-electron chi connectivity index (χ0n) is 10.6. The van der Waals surface area contributed by atoms with E-state index in [2.05, 4.69) is 44.5 Å². The zero-order valence-corrected chi connectivity index (χ0v) is 13.0. The average molecular weight is 328 g/mol. The summed E-state index contributed by atoms with van der Waals surface area (Å²) in [6, 6.07) is 4.44. The molecule has 0 aliphatic rings. The molecular formula is C13H18BrN3S. The summed E-state index contributed by atoms with van der Waals surface area (Å²) in [6.07, 6.45) is 5.98. The molecule has 0 aliphatic heterocycles. The second-order valence-electron chi connectivity index (χ2n) is 4.45. The molecule has 2 aromatic heterocycles. The molecule has 0 radical (unpaired) electrons. The van der Waals surface area contributed by atoms with Gasteiger partial charge in [0.1, 0.15) is 5.82 Å². The van der Waals surface area contributed by atoms with E-state index in [0.717, 1.165) is 22.5 Å². The summed E-state index contributed by atoms with van der Waals surface area (Å²) in [4.78, 5) is 5.71. The first-order valence-corrected chi connectivity index (χ1v) is 7.77. The van der Waals surface area contributed by atoms with Gasteiger partial charge in [0.15, 0.2) is 0 Å². The third-order valence-corrected chi connectivity index (χ3v) is 4.60. The molecule has 0 fully saturated rings. The van der Waals surface area contributed by atoms with E-state index in [0.29, 0.717) is 0 Å². The van der Waals surface area contributed by atoms with Gasteiger partial charge in [-0.3, -0.25) is 0 Å². The molecule has 2 rings (SSSR count). The maximum Gasteiger partial charge on any atom is 0.109 e. The van der Waals surface area contributed by atoms with Crippen LogP contribution >= 0.6 is 27.3 Å². The van der Waals surface area contributed by atoms with Crippen LogP contribution in [-0.2, 0) is 6.42 Å². The molecule has 0 aromatic carbocycles. The first kappa shape index (κ1) is 13.8. The Hall–Kier alpha value is -0.650. The molecule has 0 aliphatic carbocycles. The van der Waals surface area contributed by atoms with Crippen molar-refractivity contribution in [3.8, 4) is 0 Å². The van der Waals surface area contributed by atoms with E-state index < -0.39 is 0 Å². The van der Waals surface area contributed by atoms with Crippen LogP contribution in [-0.4, -0.2) is 15.6 Å². The van der Waals surface area contributed by atoms with Crippen molar-refractivity contribution in [2.45, 2.75) is 38.8 Å². The van der Waals surface area contributed by atoms with Crippen LogP contribution in [0.15, 0.2) is 28.3 Å². The fraction of sp³-hybridized carbons (Fsp3) is 0.462. The second-order valence-corrected chi connectivity index (χ2v) is 6.94. The molecule has 5 heteroatoms. The Morgan fingerprint density at radius 3 is 2.83 bits per heavy atom. The summed E-state index contributed by atoms with van der Waals surface area (Å²) in [6.45, 7) is 4.22. The number of hydrogen-bond acceptors (Lipinski definition) is 3. The van der Waals surface area contributed by atoms with E-state index in [1.165, 1.54) is 4.88 Å². The van der Waals surface area contributed by atoms with Crippen LogP contribution in [0.5, 0.6) is 0 Å². The maximum atomic E-state index is 6.18. The minimum Gasteiger partial charge on any atom is -0.326 e. The summed E-state index contributed by atoms with van der Waals surface area (Å²) < 4.78 is 3.35. The number of hydrogen-bond donors (Lipinski definition) is 1. The normalized spacial score (nSPS) is 14.7. The van der Waals surface area contributed by atoms with E-state index in [-0.39, 0.29) is 12.1 Å². The second kappa shape index (κ2) is 5.99. The van der Waals surface area contributed by atoms with Gasteiger partial charge in [-0.1, -0.05) is 6.92 Å². The molecule has 2 heterocycles. The van der Waals surface area contributed by atoms with Crippen LogP contribution in [0.2, 0.25) is 0 Å². The van der Waals surface area contributed by atoms with Crippen LogP contribution in [0.3, 0.4) is 0 Å². The van der Waals surface area contributed by atoms with Gasteiger partial charge in [0.25, 0.3) is 0 Å². The van der Waals surface area contributed by atoms with Gasteiger partial charge in [-0.15, -0.1) is 11.3 Å². The van der Waals surface area contributed by atoms with Crippen molar-refractivity contribution in [3.05, 3.63) is 39.0 Å². The SMILES string of the molecule is CCCc1nccn1C(c1ccc(Br)s1)C(C)N. The third kappa shape index (κ3) is 2.84. The van der Waals surface area contributed by atoms with Gasteiger partial charge >= 0.3 is 0 Å². The summed E-state index contributed by atoms with van der Waals surface area (Å²) >= 11 is 5.25. The van der Waals surface area contributed by atoms with Crippen LogP contribution < -0.4 is 5.73 Å². The maximum absolute atomic E-state index is 6.18. The smallest absolute Gasteiger partial charge is 0.109 e. The molecule has 0 saturated carbocycles. The number of nitrogens with two attached hydrogens (primary N) is 1. The summed E-state index contributed by atoms with van der Waals surface area (Å²) in [7, 11) is 0. The number of imidazole rings is 1. The Morgan fingerprint density at radius 1 is 1.50 bits per heavy atom. The molecular weight excluding hydrogens is 310 g/mol. The molecule has 3 nitrogen and oxygen atoms in total. The Morgan fingerprint density at radius 2 is 2.28 bits per heavy atom. The lowest BCUT2D eigenvalue weighted by Crippen LogP contribution is -2.30. The quantitative estimate of drug-likeness (QED) is 0.911. The van der Waals surface area contributed by atoms with Crippen LogP contribution in [0.1, 0.15) is 37.0 Å². The van der Waals surface area contributed by atoms with Gasteiger partial charge in [0.05, 0.1) is 9.83 Å². The fourth-order valence-electron chi connectivity index (χ4n) is 2.15. The molecule has 0 bridgehead atoms. The van der Waals surface area contributed by atoms with Gasteiger partial charge in [0, 0.05) is 29.7 Å². The first-order chi connectivity index (χ1) is 8.63. The van der Waals surface area contributed by atoms with Crippen molar-refractivity contribution < 1.29 is 0 Å². The summed E-state index contributed by atoms with van der Waals surface area (Å²) in [5.41, 5.74) is 6.18. The average Bonchev–Trinajstić information content (AvgIpc) is 2.90. The lowest BCUT2D eigenvalue weighted by atomic mass is 10.1. The van der Waals surface area contributed by atoms with E-state index in [1.54, 1.807) is 11.3 Å². The predicted octanol–water partition coefficient (Wildman–Crippen LogP) is 3.60. The van der Waals surface area contributed by atoms with Gasteiger partial charge in [-0.05, 0) is 41.4 Å². The Balaban J connectivity index is 2.38. The Labute approximate surface area is 120 Å². The number of thiophene rings is 1. The van der Waals surface area contributed by atoms with E-state index in [4.69, 9.17) is 5.73 Å². The Kier molecular flexibility index (Phi) is 4.59. The fourth-order valence-corrected chi connectivity index (χ4v) is 3.79. The monoisotopic (exact) mass is 327 g/mol. The topological polar surface area (TPSA) is 43.8 Å². The van der Waals surface area contributed by atoms with Crippen molar-refractivity contribution in [1.29, 1.82) is 0 Å². The number of aromatic nitrogens is 2. The molecule has 18 heavy (non-hydrogen) atoms. The van der Waals surface area contributed by atoms with Crippen molar-refractivity contribution >= 4 is 27.3 Å². The number of halogens is 1. The first-order valence-electron chi connectivity index (χ1n) is 6.16. The highest BCUT2D eigenvalue weighted by atomic mass is 79.9. The standard InChI is InChI=1S/C13H18BrN3S/c1-3-4-12-16-7-8-17(12)13(9(2)15)10-5-6-11(14)18-10/h5-9,13H,3-4,15H2,1-2H3. The summed E-state index contributed by atoms with van der Waals surface area (Å²) in [5, 5.41) is 0. The van der Waals surface area contributed by atoms with Gasteiger partial charge in [0.2, 0.25) is 0 Å². The minimum atomic E-state index is 0.0559. The lowest BCUT2D eigenvalue weighted by Gasteiger charge is -2.23. The van der Waals surface area contributed by atoms with Crippen LogP contribution in [0, 0.1) is 0 Å². The predicted molar refractivity (Wildman–Crippen MR) is 80.0 cm³/mol. The van der Waals surface area contributed by atoms with Gasteiger partial charge < -0.3 is 10.3 Å². The minimum absolute atomic E-state index is 0.0559. The van der Waals surface area contributed by atoms with Crippen molar-refractivity contribution in [3.63, 3.8) is 0 Å². The number of nitrogens with zero attached hydrogens (tertiary/aromatic N) is 2. The number of rotatable bonds is 5. The largest absolute Gasteiger partial charge is 0.326 e. The molecule has 2 N–H and O–H groups in total. The summed E-state index contributed by atoms with van der Waals surface area (Å²) in [5.74, 6) is 1.12. The molecule has 0 amide bonds. The molecule has 98 valence electrons. The van der Waals surface area contributed by atoms with Crippen molar-refractivity contribution in [2.24, 2.45) is 5.73 Å². The van der Waals surface area contributed by atoms with Crippen LogP contribution in [0.25, 0.3) is 0 Å². The highest BCUT2D eigenvalue weighted by Gasteiger charge is 2.22. The highest BCUT2D eigenvalue weighted by molar-refractivity contribution is 9.11. The Bertz CT molecular complexity index is 504. The number of aryl methyl sites for hydroxylation is 1. The molecule has 2 atom stereocenters. The van der Waals surface area contributed by atoms with Gasteiger partial charge in [-0.25, -0.2) is 4.98 Å². The molecule has 2 unspecified atom stereocenters. The third-order valence-electron chi connectivity index (χ3n) is 2.91. The highest BCUT2D eigenvalue weighted by Crippen LogP contribution is 2.32. The van der Waals surface area contributed by atoms with Crippen LogP contribution in [0.4, 0.5) is 0 Å².